The van der Waals surface area contributed by atoms with E-state index in [9.17, 15) is 4.79 Å². The van der Waals surface area contributed by atoms with Gasteiger partial charge in [-0.3, -0.25) is 0 Å². The third-order valence-corrected chi connectivity index (χ3v) is 2.23. The smallest absolute Gasteiger partial charge is 0.335 e. The van der Waals surface area contributed by atoms with Crippen molar-refractivity contribution in [3.8, 4) is 0 Å². The van der Waals surface area contributed by atoms with E-state index in [0.717, 1.165) is 26.3 Å². The highest BCUT2D eigenvalue weighted by molar-refractivity contribution is 6.14. The molecule has 0 amide bonds. The van der Waals surface area contributed by atoms with Gasteiger partial charge in [0.1, 0.15) is 0 Å². The molecule has 1 aromatic rings. The van der Waals surface area contributed by atoms with Crippen LogP contribution in [0.15, 0.2) is 36.9 Å². The van der Waals surface area contributed by atoms with Gasteiger partial charge >= 0.3 is 5.97 Å². The third-order valence-electron chi connectivity index (χ3n) is 2.23. The summed E-state index contributed by atoms with van der Waals surface area (Å²) in [5.41, 5.74) is 0.783. The Morgan fingerprint density at radius 3 is 2.18 bits per heavy atom. The second kappa shape index (κ2) is 7.60. The molecule has 2 N–H and O–H groups in total. The van der Waals surface area contributed by atoms with E-state index in [1.54, 1.807) is 24.3 Å². The minimum absolute atomic E-state index is 0.130. The Balaban J connectivity index is 0.000000202. The van der Waals surface area contributed by atoms with Crippen LogP contribution in [0.3, 0.4) is 0 Å². The summed E-state index contributed by atoms with van der Waals surface area (Å²) in [5, 5.41) is 11.7. The molecule has 1 heterocycles. The zero-order valence-corrected chi connectivity index (χ0v) is 9.69. The molecular formula is C13H17NO3. The van der Waals surface area contributed by atoms with Gasteiger partial charge in [0, 0.05) is 13.1 Å². The number of carboxylic acid groups (broad SMARTS) is 1. The Hall–Kier alpha value is -1.65. The molecule has 1 saturated heterocycles. The lowest BCUT2D eigenvalue weighted by molar-refractivity contribution is -0.130. The molecule has 1 fully saturated rings. The van der Waals surface area contributed by atoms with Crippen LogP contribution in [0.1, 0.15) is 5.56 Å². The van der Waals surface area contributed by atoms with Crippen LogP contribution in [0.2, 0.25) is 0 Å². The summed E-state index contributed by atoms with van der Waals surface area (Å²) in [5.74, 6) is -0.976. The molecule has 1 aliphatic heterocycles. The van der Waals surface area contributed by atoms with Crippen molar-refractivity contribution in [2.45, 2.75) is 0 Å². The van der Waals surface area contributed by atoms with Crippen LogP contribution < -0.4 is 5.32 Å². The lowest BCUT2D eigenvalue weighted by atomic mass is 10.1. The van der Waals surface area contributed by atoms with Gasteiger partial charge in [-0.2, -0.15) is 0 Å². The van der Waals surface area contributed by atoms with Crippen molar-refractivity contribution in [1.82, 2.24) is 5.32 Å². The van der Waals surface area contributed by atoms with Crippen molar-refractivity contribution < 1.29 is 14.6 Å². The fourth-order valence-electron chi connectivity index (χ4n) is 1.28. The van der Waals surface area contributed by atoms with Crippen molar-refractivity contribution in [2.75, 3.05) is 26.3 Å². The molecule has 0 radical (unpaired) electrons. The number of rotatable bonds is 2. The summed E-state index contributed by atoms with van der Waals surface area (Å²) in [7, 11) is 0. The summed E-state index contributed by atoms with van der Waals surface area (Å²) < 4.78 is 5.01. The normalized spacial score (nSPS) is 14.4. The monoisotopic (exact) mass is 235 g/mol. The van der Waals surface area contributed by atoms with Crippen LogP contribution in [0, 0.1) is 0 Å². The van der Waals surface area contributed by atoms with Gasteiger partial charge in [-0.15, -0.1) is 0 Å². The molecule has 0 bridgehead atoms. The van der Waals surface area contributed by atoms with Crippen LogP contribution in [-0.4, -0.2) is 37.4 Å². The lowest BCUT2D eigenvalue weighted by Crippen LogP contribution is -2.30. The van der Waals surface area contributed by atoms with E-state index in [-0.39, 0.29) is 5.57 Å². The number of benzene rings is 1. The predicted molar refractivity (Wildman–Crippen MR) is 66.8 cm³/mol. The van der Waals surface area contributed by atoms with Gasteiger partial charge in [0.15, 0.2) is 0 Å². The summed E-state index contributed by atoms with van der Waals surface area (Å²) in [6.45, 7) is 7.26. The summed E-state index contributed by atoms with van der Waals surface area (Å²) >= 11 is 0. The van der Waals surface area contributed by atoms with Gasteiger partial charge in [0.2, 0.25) is 0 Å². The molecule has 0 aliphatic carbocycles. The van der Waals surface area contributed by atoms with Gasteiger partial charge in [0.25, 0.3) is 0 Å². The Bertz CT molecular complexity index is 347. The Morgan fingerprint density at radius 2 is 1.82 bits per heavy atom. The quantitative estimate of drug-likeness (QED) is 0.761. The minimum atomic E-state index is -0.976. The molecular weight excluding hydrogens is 218 g/mol. The van der Waals surface area contributed by atoms with Gasteiger partial charge in [-0.1, -0.05) is 36.9 Å². The van der Waals surface area contributed by atoms with Crippen LogP contribution >= 0.6 is 0 Å². The molecule has 4 heteroatoms. The van der Waals surface area contributed by atoms with E-state index < -0.39 is 5.97 Å². The number of ether oxygens (including phenoxy) is 1. The number of aliphatic carboxylic acids is 1. The first-order chi connectivity index (χ1) is 8.22. The van der Waals surface area contributed by atoms with Gasteiger partial charge in [-0.25, -0.2) is 4.79 Å². The zero-order chi connectivity index (χ0) is 12.5. The largest absolute Gasteiger partial charge is 0.478 e. The molecule has 0 aromatic heterocycles. The molecule has 1 aliphatic rings. The minimum Gasteiger partial charge on any atom is -0.478 e. The molecule has 0 spiro atoms. The first-order valence-electron chi connectivity index (χ1n) is 5.48. The van der Waals surface area contributed by atoms with E-state index in [1.807, 2.05) is 6.07 Å². The summed E-state index contributed by atoms with van der Waals surface area (Å²) in [6, 6.07) is 8.83. The van der Waals surface area contributed by atoms with Crippen molar-refractivity contribution in [3.05, 3.63) is 42.5 Å². The fraction of sp³-hybridized carbons (Fsp3) is 0.308. The van der Waals surface area contributed by atoms with Gasteiger partial charge < -0.3 is 15.2 Å². The molecule has 0 atom stereocenters. The first-order valence-corrected chi connectivity index (χ1v) is 5.48. The van der Waals surface area contributed by atoms with Gasteiger partial charge in [0.05, 0.1) is 18.8 Å². The second-order valence-electron chi connectivity index (χ2n) is 3.51. The van der Waals surface area contributed by atoms with Crippen molar-refractivity contribution in [1.29, 1.82) is 0 Å². The molecule has 0 unspecified atom stereocenters. The number of hydrogen-bond donors (Lipinski definition) is 2. The number of morpholine rings is 1. The second-order valence-corrected chi connectivity index (χ2v) is 3.51. The maximum Gasteiger partial charge on any atom is 0.335 e. The first kappa shape index (κ1) is 13.4. The van der Waals surface area contributed by atoms with Crippen LogP contribution in [-0.2, 0) is 9.53 Å². The van der Waals surface area contributed by atoms with E-state index in [1.165, 1.54) is 0 Å². The van der Waals surface area contributed by atoms with E-state index >= 15 is 0 Å². The molecule has 0 saturated carbocycles. The summed E-state index contributed by atoms with van der Waals surface area (Å²) in [4.78, 5) is 10.4. The maximum absolute atomic E-state index is 10.4. The highest BCUT2D eigenvalue weighted by atomic mass is 16.5. The van der Waals surface area contributed by atoms with Crippen LogP contribution in [0.25, 0.3) is 5.57 Å². The average molecular weight is 235 g/mol. The number of carbonyl (C=O) groups is 1. The molecule has 1 aromatic carbocycles. The number of hydrogen-bond acceptors (Lipinski definition) is 3. The molecule has 92 valence electrons. The van der Waals surface area contributed by atoms with Crippen molar-refractivity contribution >= 4 is 11.5 Å². The SMILES string of the molecule is C1COCCN1.C=C(C(=O)O)c1ccccc1. The maximum atomic E-state index is 10.4. The average Bonchev–Trinajstić information content (AvgIpc) is 2.41. The Labute approximate surface area is 101 Å². The topological polar surface area (TPSA) is 58.6 Å². The lowest BCUT2D eigenvalue weighted by Gasteiger charge is -2.10. The fourth-order valence-corrected chi connectivity index (χ4v) is 1.28. The van der Waals surface area contributed by atoms with Crippen molar-refractivity contribution in [3.63, 3.8) is 0 Å². The highest BCUT2D eigenvalue weighted by Crippen LogP contribution is 2.10. The van der Waals surface area contributed by atoms with Gasteiger partial charge in [-0.05, 0) is 5.56 Å². The number of nitrogens with one attached hydrogen (secondary N) is 1. The van der Waals surface area contributed by atoms with E-state index in [2.05, 4.69) is 11.9 Å². The molecule has 4 nitrogen and oxygen atoms in total. The summed E-state index contributed by atoms with van der Waals surface area (Å²) in [6.07, 6.45) is 0. The molecule has 2 rings (SSSR count). The predicted octanol–water partition coefficient (Wildman–Crippen LogP) is 1.39. The van der Waals surface area contributed by atoms with Crippen LogP contribution in [0.5, 0.6) is 0 Å². The third kappa shape index (κ3) is 5.29. The zero-order valence-electron chi connectivity index (χ0n) is 9.69. The number of carboxylic acids is 1. The van der Waals surface area contributed by atoms with E-state index in [0.29, 0.717) is 5.56 Å². The van der Waals surface area contributed by atoms with Crippen LogP contribution in [0.4, 0.5) is 0 Å². The van der Waals surface area contributed by atoms with E-state index in [4.69, 9.17) is 9.84 Å². The molecule has 17 heavy (non-hydrogen) atoms. The Morgan fingerprint density at radius 1 is 1.24 bits per heavy atom. The van der Waals surface area contributed by atoms with Crippen molar-refractivity contribution in [2.24, 2.45) is 0 Å². The highest BCUT2D eigenvalue weighted by Gasteiger charge is 2.04. The standard InChI is InChI=1S/C9H8O2.C4H9NO/c1-7(9(10)11)8-5-3-2-4-6-8;1-3-6-4-2-5-1/h2-6H,1H2,(H,10,11);5H,1-4H2. The Kier molecular flexibility index (Phi) is 5.99.